The van der Waals surface area contributed by atoms with Gasteiger partial charge in [-0.15, -0.1) is 0 Å². The largest absolute Gasteiger partial charge is 0.459 e. The summed E-state index contributed by atoms with van der Waals surface area (Å²) in [4.78, 5) is 14.9. The van der Waals surface area contributed by atoms with Gasteiger partial charge in [0.2, 0.25) is 5.91 Å². The molecule has 1 N–H and O–H groups in total. The molecule has 0 atom stereocenters. The smallest absolute Gasteiger partial charge is 0.324 e. The molecule has 114 valence electrons. The number of fused-ring (bicyclic) bond motifs is 1. The Balaban J connectivity index is 2.60. The Labute approximate surface area is 116 Å². The summed E-state index contributed by atoms with van der Waals surface area (Å²) >= 11 is 0. The van der Waals surface area contributed by atoms with Crippen LogP contribution in [-0.4, -0.2) is 23.7 Å². The van der Waals surface area contributed by atoms with E-state index in [4.69, 9.17) is 0 Å². The minimum Gasteiger partial charge on any atom is -0.324 e. The molecule has 0 radical (unpaired) electrons. The molecule has 3 nitrogen and oxygen atoms in total. The van der Waals surface area contributed by atoms with Gasteiger partial charge in [0, 0.05) is 0 Å². The normalized spacial score (nSPS) is 16.0. The minimum absolute atomic E-state index is 0.108. The molecule has 21 heavy (non-hydrogen) atoms. The van der Waals surface area contributed by atoms with E-state index in [1.807, 2.05) is 0 Å². The van der Waals surface area contributed by atoms with Gasteiger partial charge in [0.1, 0.15) is 5.71 Å². The molecule has 0 spiro atoms. The van der Waals surface area contributed by atoms with Gasteiger partial charge in [0.25, 0.3) is 0 Å². The van der Waals surface area contributed by atoms with Crippen molar-refractivity contribution in [2.45, 2.75) is 32.4 Å². The molecule has 0 bridgehead atoms. The Bertz CT molecular complexity index is 634. The highest BCUT2D eigenvalue weighted by molar-refractivity contribution is 6.13. The standard InChI is InChI=1S/C13H11F5N2O/c1-6-3-8-9(4-7(6)2)20-11(21)5-10(19-8)12(14,15)13(16,17)18/h3-4H,5H2,1-2H3,(H,20,21). The van der Waals surface area contributed by atoms with Crippen LogP contribution >= 0.6 is 0 Å². The van der Waals surface area contributed by atoms with E-state index in [1.165, 1.54) is 12.1 Å². The molecule has 1 amide bonds. The number of halogens is 5. The van der Waals surface area contributed by atoms with Crippen molar-refractivity contribution in [1.29, 1.82) is 0 Å². The van der Waals surface area contributed by atoms with E-state index in [0.29, 0.717) is 5.56 Å². The van der Waals surface area contributed by atoms with Crippen LogP contribution in [0.5, 0.6) is 0 Å². The molecule has 2 rings (SSSR count). The van der Waals surface area contributed by atoms with Crippen molar-refractivity contribution in [3.63, 3.8) is 0 Å². The number of nitrogens with one attached hydrogen (secondary N) is 1. The second-order valence-corrected chi connectivity index (χ2v) is 4.81. The number of hydrogen-bond donors (Lipinski definition) is 1. The van der Waals surface area contributed by atoms with Gasteiger partial charge >= 0.3 is 12.1 Å². The van der Waals surface area contributed by atoms with Crippen molar-refractivity contribution in [2.24, 2.45) is 4.99 Å². The first-order valence-corrected chi connectivity index (χ1v) is 5.96. The summed E-state index contributed by atoms with van der Waals surface area (Å²) in [6, 6.07) is 2.85. The number of rotatable bonds is 1. The van der Waals surface area contributed by atoms with Gasteiger partial charge < -0.3 is 5.32 Å². The quantitative estimate of drug-likeness (QED) is 0.785. The zero-order chi connectivity index (χ0) is 16.0. The number of benzene rings is 1. The summed E-state index contributed by atoms with van der Waals surface area (Å²) in [5, 5.41) is 2.29. The van der Waals surface area contributed by atoms with E-state index in [2.05, 4.69) is 10.3 Å². The average molecular weight is 306 g/mol. The van der Waals surface area contributed by atoms with Gasteiger partial charge in [0.15, 0.2) is 0 Å². The van der Waals surface area contributed by atoms with Crippen LogP contribution in [0.2, 0.25) is 0 Å². The lowest BCUT2D eigenvalue weighted by Crippen LogP contribution is -2.45. The van der Waals surface area contributed by atoms with E-state index in [1.54, 1.807) is 13.8 Å². The number of amides is 1. The van der Waals surface area contributed by atoms with Crippen molar-refractivity contribution in [3.8, 4) is 0 Å². The molecular weight excluding hydrogens is 295 g/mol. The summed E-state index contributed by atoms with van der Waals surface area (Å²) in [6.07, 6.45) is -6.91. The molecule has 0 aromatic heterocycles. The monoisotopic (exact) mass is 306 g/mol. The molecule has 1 aliphatic rings. The van der Waals surface area contributed by atoms with Crippen LogP contribution in [0.1, 0.15) is 17.5 Å². The van der Waals surface area contributed by atoms with Gasteiger partial charge in [0.05, 0.1) is 17.8 Å². The summed E-state index contributed by atoms with van der Waals surface area (Å²) in [6.45, 7) is 3.39. The highest BCUT2D eigenvalue weighted by Crippen LogP contribution is 2.40. The lowest BCUT2D eigenvalue weighted by Gasteiger charge is -2.20. The van der Waals surface area contributed by atoms with E-state index in [9.17, 15) is 26.7 Å². The van der Waals surface area contributed by atoms with Crippen LogP contribution in [0.4, 0.5) is 33.3 Å². The van der Waals surface area contributed by atoms with E-state index >= 15 is 0 Å². The van der Waals surface area contributed by atoms with Gasteiger partial charge in [-0.25, -0.2) is 4.99 Å². The van der Waals surface area contributed by atoms with Crippen LogP contribution in [0, 0.1) is 13.8 Å². The number of nitrogens with zero attached hydrogens (tertiary/aromatic N) is 1. The first-order valence-electron chi connectivity index (χ1n) is 5.96. The summed E-state index contributed by atoms with van der Waals surface area (Å²) in [5.41, 5.74) is -0.0629. The maximum Gasteiger partial charge on any atom is 0.459 e. The van der Waals surface area contributed by atoms with E-state index < -0.39 is 30.1 Å². The highest BCUT2D eigenvalue weighted by atomic mass is 19.4. The number of hydrogen-bond acceptors (Lipinski definition) is 2. The summed E-state index contributed by atoms with van der Waals surface area (Å²) < 4.78 is 64.1. The van der Waals surface area contributed by atoms with Crippen molar-refractivity contribution < 1.29 is 26.7 Å². The van der Waals surface area contributed by atoms with Gasteiger partial charge in [-0.3, -0.25) is 4.79 Å². The van der Waals surface area contributed by atoms with Crippen molar-refractivity contribution in [1.82, 2.24) is 0 Å². The third kappa shape index (κ3) is 2.74. The van der Waals surface area contributed by atoms with Crippen LogP contribution in [0.15, 0.2) is 17.1 Å². The van der Waals surface area contributed by atoms with Gasteiger partial charge in [-0.2, -0.15) is 22.0 Å². The molecule has 0 saturated heterocycles. The van der Waals surface area contributed by atoms with Crippen LogP contribution in [0.25, 0.3) is 0 Å². The molecule has 0 unspecified atom stereocenters. The number of carbonyl (C=O) groups excluding carboxylic acids is 1. The number of anilines is 1. The van der Waals surface area contributed by atoms with Crippen molar-refractivity contribution >= 4 is 23.0 Å². The maximum absolute atomic E-state index is 13.4. The fourth-order valence-corrected chi connectivity index (χ4v) is 1.87. The average Bonchev–Trinajstić information content (AvgIpc) is 2.47. The predicted octanol–water partition coefficient (Wildman–Crippen LogP) is 3.92. The van der Waals surface area contributed by atoms with E-state index in [-0.39, 0.29) is 11.4 Å². The lowest BCUT2D eigenvalue weighted by molar-refractivity contribution is -0.249. The Kier molecular flexibility index (Phi) is 3.51. The summed E-state index contributed by atoms with van der Waals surface area (Å²) in [7, 11) is 0. The number of carbonyl (C=O) groups is 1. The second-order valence-electron chi connectivity index (χ2n) is 4.81. The number of alkyl halides is 5. The number of aliphatic imine (C=N–C) groups is 1. The first kappa shape index (κ1) is 15.4. The Morgan fingerprint density at radius 1 is 1.10 bits per heavy atom. The predicted molar refractivity (Wildman–Crippen MR) is 67.3 cm³/mol. The van der Waals surface area contributed by atoms with Crippen LogP contribution in [0.3, 0.4) is 0 Å². The third-order valence-corrected chi connectivity index (χ3v) is 3.19. The molecule has 0 fully saturated rings. The first-order chi connectivity index (χ1) is 9.52. The SMILES string of the molecule is Cc1cc2c(cc1C)NC(=O)CC(C(F)(F)C(F)(F)F)=N2. The molecular formula is C13H11F5N2O. The fourth-order valence-electron chi connectivity index (χ4n) is 1.87. The Morgan fingerprint density at radius 3 is 2.24 bits per heavy atom. The van der Waals surface area contributed by atoms with Gasteiger partial charge in [-0.1, -0.05) is 0 Å². The summed E-state index contributed by atoms with van der Waals surface area (Å²) in [5.74, 6) is -6.11. The Morgan fingerprint density at radius 2 is 1.67 bits per heavy atom. The van der Waals surface area contributed by atoms with Crippen molar-refractivity contribution in [2.75, 3.05) is 5.32 Å². The van der Waals surface area contributed by atoms with Gasteiger partial charge in [-0.05, 0) is 37.1 Å². The lowest BCUT2D eigenvalue weighted by atomic mass is 10.1. The molecule has 0 aliphatic carbocycles. The van der Waals surface area contributed by atoms with Crippen LogP contribution < -0.4 is 5.32 Å². The molecule has 1 aromatic rings. The van der Waals surface area contributed by atoms with E-state index in [0.717, 1.165) is 5.56 Å². The zero-order valence-electron chi connectivity index (χ0n) is 11.1. The fraction of sp³-hybridized carbons (Fsp3) is 0.385. The second kappa shape index (κ2) is 4.78. The third-order valence-electron chi connectivity index (χ3n) is 3.19. The highest BCUT2D eigenvalue weighted by Gasteiger charge is 2.61. The topological polar surface area (TPSA) is 41.5 Å². The Hall–Kier alpha value is -1.99. The zero-order valence-corrected chi connectivity index (χ0v) is 11.1. The molecule has 8 heteroatoms. The molecule has 0 saturated carbocycles. The molecule has 1 aliphatic heterocycles. The van der Waals surface area contributed by atoms with Crippen molar-refractivity contribution in [3.05, 3.63) is 23.3 Å². The van der Waals surface area contributed by atoms with Crippen LogP contribution in [-0.2, 0) is 4.79 Å². The minimum atomic E-state index is -5.80. The number of aryl methyl sites for hydroxylation is 2. The maximum atomic E-state index is 13.4. The molecule has 1 aromatic carbocycles. The molecule has 1 heterocycles.